The lowest BCUT2D eigenvalue weighted by Crippen LogP contribution is -2.27. The van der Waals surface area contributed by atoms with Crippen molar-refractivity contribution in [2.75, 3.05) is 17.2 Å². The summed E-state index contributed by atoms with van der Waals surface area (Å²) in [5, 5.41) is 5.06. The molecule has 1 atom stereocenters. The van der Waals surface area contributed by atoms with Crippen molar-refractivity contribution in [3.05, 3.63) is 29.3 Å². The number of primary sulfonamides is 1. The molecule has 1 aromatic carbocycles. The highest BCUT2D eigenvalue weighted by molar-refractivity contribution is 7.89. The lowest BCUT2D eigenvalue weighted by Gasteiger charge is -2.17. The summed E-state index contributed by atoms with van der Waals surface area (Å²) < 4.78 is 22.3. The molecule has 1 amide bonds. The molecule has 1 fully saturated rings. The third-order valence-electron chi connectivity index (χ3n) is 4.07. The van der Waals surface area contributed by atoms with Crippen molar-refractivity contribution >= 4 is 21.6 Å². The van der Waals surface area contributed by atoms with Gasteiger partial charge in [0, 0.05) is 24.6 Å². The molecule has 1 aliphatic heterocycles. The Kier molecular flexibility index (Phi) is 3.30. The van der Waals surface area contributed by atoms with E-state index >= 15 is 0 Å². The van der Waals surface area contributed by atoms with Crippen molar-refractivity contribution in [1.29, 1.82) is 0 Å². The van der Waals surface area contributed by atoms with Crippen LogP contribution in [0.5, 0.6) is 0 Å². The molecule has 0 bridgehead atoms. The summed E-state index contributed by atoms with van der Waals surface area (Å²) in [5.41, 5.74) is 3.55. The van der Waals surface area contributed by atoms with E-state index in [4.69, 9.17) is 5.14 Å². The first kappa shape index (κ1) is 13.6. The van der Waals surface area contributed by atoms with Crippen LogP contribution in [0.4, 0.5) is 5.69 Å². The number of hydrogen-bond donors (Lipinski definition) is 1. The normalized spacial score (nSPS) is 22.4. The van der Waals surface area contributed by atoms with Crippen LogP contribution in [0.15, 0.2) is 18.2 Å². The Bertz CT molecular complexity index is 654. The fourth-order valence-electron chi connectivity index (χ4n) is 3.20. The van der Waals surface area contributed by atoms with E-state index in [1.807, 2.05) is 6.07 Å². The number of aryl methyl sites for hydroxylation is 2. The summed E-state index contributed by atoms with van der Waals surface area (Å²) in [4.78, 5) is 13.8. The second kappa shape index (κ2) is 4.86. The van der Waals surface area contributed by atoms with E-state index in [2.05, 4.69) is 12.1 Å². The van der Waals surface area contributed by atoms with Gasteiger partial charge in [-0.05, 0) is 42.5 Å². The van der Waals surface area contributed by atoms with Gasteiger partial charge in [-0.15, -0.1) is 0 Å². The summed E-state index contributed by atoms with van der Waals surface area (Å²) in [7, 11) is -3.53. The molecule has 0 radical (unpaired) electrons. The minimum absolute atomic E-state index is 0.0170. The third kappa shape index (κ3) is 2.71. The van der Waals surface area contributed by atoms with E-state index < -0.39 is 10.0 Å². The Hall–Kier alpha value is -1.40. The highest BCUT2D eigenvalue weighted by Crippen LogP contribution is 2.30. The number of nitrogens with two attached hydrogens (primary N) is 1. The number of anilines is 1. The monoisotopic (exact) mass is 294 g/mol. The Labute approximate surface area is 118 Å². The van der Waals surface area contributed by atoms with E-state index in [1.165, 1.54) is 17.5 Å². The van der Waals surface area contributed by atoms with E-state index in [0.717, 1.165) is 18.5 Å². The maximum absolute atomic E-state index is 12.1. The van der Waals surface area contributed by atoms with Crippen LogP contribution in [-0.4, -0.2) is 26.6 Å². The smallest absolute Gasteiger partial charge is 0.227 e. The maximum atomic E-state index is 12.1. The van der Waals surface area contributed by atoms with Gasteiger partial charge in [-0.3, -0.25) is 4.79 Å². The Morgan fingerprint density at radius 3 is 2.75 bits per heavy atom. The molecule has 1 aliphatic carbocycles. The van der Waals surface area contributed by atoms with Gasteiger partial charge in [-0.2, -0.15) is 0 Å². The number of hydrogen-bond acceptors (Lipinski definition) is 3. The van der Waals surface area contributed by atoms with Crippen molar-refractivity contribution in [3.63, 3.8) is 0 Å². The number of amides is 1. The average molecular weight is 294 g/mol. The first-order valence-corrected chi connectivity index (χ1v) is 8.56. The second-order valence-corrected chi connectivity index (χ2v) is 7.37. The van der Waals surface area contributed by atoms with Crippen molar-refractivity contribution in [2.45, 2.75) is 25.7 Å². The summed E-state index contributed by atoms with van der Waals surface area (Å²) in [6.45, 7) is 0.439. The van der Waals surface area contributed by atoms with Gasteiger partial charge in [0.05, 0.1) is 5.75 Å². The van der Waals surface area contributed by atoms with Crippen LogP contribution in [0.3, 0.4) is 0 Å². The van der Waals surface area contributed by atoms with Gasteiger partial charge < -0.3 is 4.90 Å². The standard InChI is InChI=1S/C14H18N2O3S/c15-20(18,19)9-10-6-14(17)16(8-10)13-5-4-11-2-1-3-12(11)7-13/h4-5,7,10H,1-3,6,8-9H2,(H2,15,18,19). The molecule has 1 aromatic rings. The Morgan fingerprint density at radius 1 is 1.25 bits per heavy atom. The fourth-order valence-corrected chi connectivity index (χ4v) is 4.08. The largest absolute Gasteiger partial charge is 0.312 e. The minimum atomic E-state index is -3.53. The van der Waals surface area contributed by atoms with Gasteiger partial charge in [-0.1, -0.05) is 6.07 Å². The van der Waals surface area contributed by atoms with Crippen molar-refractivity contribution in [2.24, 2.45) is 11.1 Å². The van der Waals surface area contributed by atoms with Crippen LogP contribution in [0.2, 0.25) is 0 Å². The molecule has 5 nitrogen and oxygen atoms in total. The molecule has 1 heterocycles. The summed E-state index contributed by atoms with van der Waals surface area (Å²) >= 11 is 0. The van der Waals surface area contributed by atoms with Gasteiger partial charge in [0.15, 0.2) is 0 Å². The zero-order valence-electron chi connectivity index (χ0n) is 11.2. The van der Waals surface area contributed by atoms with Gasteiger partial charge in [-0.25, -0.2) is 13.6 Å². The second-order valence-electron chi connectivity index (χ2n) is 5.71. The molecule has 108 valence electrons. The summed E-state index contributed by atoms with van der Waals surface area (Å²) in [5.74, 6) is -0.345. The van der Waals surface area contributed by atoms with Crippen LogP contribution in [0.25, 0.3) is 0 Å². The molecule has 1 unspecified atom stereocenters. The predicted octanol–water partition coefficient (Wildman–Crippen LogP) is 0.817. The lowest BCUT2D eigenvalue weighted by atomic mass is 10.1. The van der Waals surface area contributed by atoms with Crippen molar-refractivity contribution in [1.82, 2.24) is 0 Å². The molecule has 0 aromatic heterocycles. The number of benzene rings is 1. The molecule has 0 spiro atoms. The van der Waals surface area contributed by atoms with Crippen LogP contribution < -0.4 is 10.0 Å². The lowest BCUT2D eigenvalue weighted by molar-refractivity contribution is -0.117. The van der Waals surface area contributed by atoms with Crippen molar-refractivity contribution in [3.8, 4) is 0 Å². The van der Waals surface area contributed by atoms with Crippen molar-refractivity contribution < 1.29 is 13.2 Å². The molecular formula is C14H18N2O3S. The summed E-state index contributed by atoms with van der Waals surface area (Å²) in [6.07, 6.45) is 3.59. The topological polar surface area (TPSA) is 80.5 Å². The van der Waals surface area contributed by atoms with Crippen LogP contribution in [0.1, 0.15) is 24.0 Å². The first-order valence-electron chi connectivity index (χ1n) is 6.85. The molecular weight excluding hydrogens is 276 g/mol. The van der Waals surface area contributed by atoms with E-state index in [1.54, 1.807) is 4.90 Å². The molecule has 0 saturated carbocycles. The third-order valence-corrected chi connectivity index (χ3v) is 5.00. The maximum Gasteiger partial charge on any atom is 0.227 e. The van der Waals surface area contributed by atoms with Gasteiger partial charge in [0.25, 0.3) is 0 Å². The zero-order valence-corrected chi connectivity index (χ0v) is 12.0. The Morgan fingerprint density at radius 2 is 2.00 bits per heavy atom. The van der Waals surface area contributed by atoms with Crippen LogP contribution in [0, 0.1) is 5.92 Å². The number of carbonyl (C=O) groups is 1. The summed E-state index contributed by atoms with van der Waals surface area (Å²) in [6, 6.07) is 6.11. The number of nitrogens with zero attached hydrogens (tertiary/aromatic N) is 1. The minimum Gasteiger partial charge on any atom is -0.312 e. The van der Waals surface area contributed by atoms with Crippen LogP contribution >= 0.6 is 0 Å². The number of rotatable bonds is 3. The number of sulfonamides is 1. The predicted molar refractivity (Wildman–Crippen MR) is 76.9 cm³/mol. The zero-order chi connectivity index (χ0) is 14.3. The molecule has 2 aliphatic rings. The highest BCUT2D eigenvalue weighted by Gasteiger charge is 2.33. The molecule has 20 heavy (non-hydrogen) atoms. The number of fused-ring (bicyclic) bond motifs is 1. The fraction of sp³-hybridized carbons (Fsp3) is 0.500. The van der Waals surface area contributed by atoms with E-state index in [9.17, 15) is 13.2 Å². The Balaban J connectivity index is 1.79. The number of carbonyl (C=O) groups excluding carboxylic acids is 1. The molecule has 6 heteroatoms. The average Bonchev–Trinajstić information content (AvgIpc) is 2.92. The van der Waals surface area contributed by atoms with Crippen LogP contribution in [-0.2, 0) is 27.7 Å². The quantitative estimate of drug-likeness (QED) is 0.896. The van der Waals surface area contributed by atoms with E-state index in [0.29, 0.717) is 6.54 Å². The van der Waals surface area contributed by atoms with Gasteiger partial charge in [0.2, 0.25) is 15.9 Å². The molecule has 2 N–H and O–H groups in total. The first-order chi connectivity index (χ1) is 9.42. The SMILES string of the molecule is NS(=O)(=O)CC1CC(=O)N(c2ccc3c(c2)CCC3)C1. The highest BCUT2D eigenvalue weighted by atomic mass is 32.2. The molecule has 1 saturated heterocycles. The molecule has 3 rings (SSSR count). The van der Waals surface area contributed by atoms with Gasteiger partial charge in [0.1, 0.15) is 0 Å². The van der Waals surface area contributed by atoms with E-state index in [-0.39, 0.29) is 24.0 Å². The van der Waals surface area contributed by atoms with Gasteiger partial charge >= 0.3 is 0 Å².